The number of hydrogen-bond acceptors (Lipinski definition) is 6. The second kappa shape index (κ2) is 6.70. The van der Waals surface area contributed by atoms with Crippen molar-refractivity contribution in [3.8, 4) is 11.5 Å². The van der Waals surface area contributed by atoms with Crippen LogP contribution in [0.1, 0.15) is 22.6 Å². The zero-order valence-electron chi connectivity index (χ0n) is 13.3. The number of nitro benzene ring substituents is 2. The van der Waals surface area contributed by atoms with Crippen LogP contribution >= 0.6 is 0 Å². The standard InChI is InChI=1S/C15H10F4N2O6/c1-6-2-7(4-10(13(6)22)20(24)25)12(15(17,18)19)8-3-9(16)14(23)11(5-8)21(26)27/h2-5,12,22-23H,1H3. The van der Waals surface area contributed by atoms with Gasteiger partial charge in [0.25, 0.3) is 0 Å². The first-order chi connectivity index (χ1) is 12.3. The maximum atomic E-state index is 13.7. The van der Waals surface area contributed by atoms with Crippen LogP contribution in [-0.2, 0) is 0 Å². The molecule has 2 aromatic carbocycles. The van der Waals surface area contributed by atoms with Crippen molar-refractivity contribution in [3.63, 3.8) is 0 Å². The molecule has 0 aliphatic heterocycles. The lowest BCUT2D eigenvalue weighted by molar-refractivity contribution is -0.386. The lowest BCUT2D eigenvalue weighted by Gasteiger charge is -2.22. The summed E-state index contributed by atoms with van der Waals surface area (Å²) < 4.78 is 54.6. The first-order valence-corrected chi connectivity index (χ1v) is 7.06. The predicted molar refractivity (Wildman–Crippen MR) is 82.1 cm³/mol. The normalized spacial score (nSPS) is 12.6. The Kier molecular flexibility index (Phi) is 4.93. The summed E-state index contributed by atoms with van der Waals surface area (Å²) in [7, 11) is 0. The molecular formula is C15H10F4N2O6. The monoisotopic (exact) mass is 390 g/mol. The number of nitrogens with zero attached hydrogens (tertiary/aromatic N) is 2. The van der Waals surface area contributed by atoms with Crippen LogP contribution in [0.15, 0.2) is 24.3 Å². The van der Waals surface area contributed by atoms with E-state index in [2.05, 4.69) is 0 Å². The molecule has 8 nitrogen and oxygen atoms in total. The minimum absolute atomic E-state index is 0.248. The molecule has 0 radical (unpaired) electrons. The highest BCUT2D eigenvalue weighted by molar-refractivity contribution is 5.57. The molecule has 0 aliphatic carbocycles. The number of aryl methyl sites for hydroxylation is 1. The molecule has 0 amide bonds. The van der Waals surface area contributed by atoms with E-state index in [1.165, 1.54) is 0 Å². The van der Waals surface area contributed by atoms with Gasteiger partial charge in [0.15, 0.2) is 11.6 Å². The van der Waals surface area contributed by atoms with E-state index in [0.29, 0.717) is 12.1 Å². The SMILES string of the molecule is Cc1cc(C(c2cc(F)c(O)c([N+](=O)[O-])c2)C(F)(F)F)cc([N+](=O)[O-])c1O. The summed E-state index contributed by atoms with van der Waals surface area (Å²) in [5.41, 5.74) is -4.22. The molecule has 27 heavy (non-hydrogen) atoms. The van der Waals surface area contributed by atoms with Crippen LogP contribution in [-0.4, -0.2) is 26.2 Å². The molecule has 12 heteroatoms. The van der Waals surface area contributed by atoms with Gasteiger partial charge in [0.1, 0.15) is 5.92 Å². The topological polar surface area (TPSA) is 127 Å². The smallest absolute Gasteiger partial charge is 0.399 e. The highest BCUT2D eigenvalue weighted by Gasteiger charge is 2.44. The number of rotatable bonds is 4. The van der Waals surface area contributed by atoms with Gasteiger partial charge in [0.2, 0.25) is 5.75 Å². The Morgan fingerprint density at radius 2 is 1.37 bits per heavy atom. The van der Waals surface area contributed by atoms with Gasteiger partial charge in [0, 0.05) is 12.1 Å². The Bertz CT molecular complexity index is 875. The summed E-state index contributed by atoms with van der Waals surface area (Å²) in [6.07, 6.45) is -5.12. The summed E-state index contributed by atoms with van der Waals surface area (Å²) in [6.45, 7) is 1.12. The third-order valence-corrected chi connectivity index (χ3v) is 3.76. The number of nitro groups is 2. The second-order valence-electron chi connectivity index (χ2n) is 5.56. The summed E-state index contributed by atoms with van der Waals surface area (Å²) in [4.78, 5) is 19.4. The number of benzene rings is 2. The Balaban J connectivity index is 2.80. The van der Waals surface area contributed by atoms with Gasteiger partial charge >= 0.3 is 17.6 Å². The number of aromatic hydroxyl groups is 2. The van der Waals surface area contributed by atoms with Gasteiger partial charge in [-0.05, 0) is 29.7 Å². The van der Waals surface area contributed by atoms with Gasteiger partial charge in [-0.2, -0.15) is 13.2 Å². The Hall–Kier alpha value is -3.44. The molecule has 2 N–H and O–H groups in total. The number of phenols is 2. The summed E-state index contributed by atoms with van der Waals surface area (Å²) >= 11 is 0. The van der Waals surface area contributed by atoms with E-state index in [1.807, 2.05) is 0 Å². The van der Waals surface area contributed by atoms with Gasteiger partial charge in [-0.1, -0.05) is 6.07 Å². The van der Waals surface area contributed by atoms with Crippen molar-refractivity contribution >= 4 is 11.4 Å². The minimum Gasteiger partial charge on any atom is -0.502 e. The molecule has 0 spiro atoms. The average Bonchev–Trinajstić information content (AvgIpc) is 2.52. The Labute approximate surface area is 147 Å². The predicted octanol–water partition coefficient (Wildman–Crippen LogP) is 4.06. The molecule has 2 rings (SSSR count). The van der Waals surface area contributed by atoms with Crippen LogP contribution in [0.4, 0.5) is 28.9 Å². The molecule has 0 aliphatic rings. The van der Waals surface area contributed by atoms with E-state index < -0.39 is 61.8 Å². The molecule has 0 bridgehead atoms. The van der Waals surface area contributed by atoms with Gasteiger partial charge in [-0.15, -0.1) is 0 Å². The van der Waals surface area contributed by atoms with Crippen molar-refractivity contribution in [1.29, 1.82) is 0 Å². The molecule has 0 aromatic heterocycles. The van der Waals surface area contributed by atoms with Crippen LogP contribution in [0.5, 0.6) is 11.5 Å². The second-order valence-corrected chi connectivity index (χ2v) is 5.56. The number of halogens is 4. The van der Waals surface area contributed by atoms with E-state index in [9.17, 15) is 48.0 Å². The quantitative estimate of drug-likeness (QED) is 0.461. The fraction of sp³-hybridized carbons (Fsp3) is 0.200. The zero-order chi connectivity index (χ0) is 20.7. The van der Waals surface area contributed by atoms with Crippen molar-refractivity contribution in [2.24, 2.45) is 0 Å². The van der Waals surface area contributed by atoms with E-state index in [4.69, 9.17) is 0 Å². The Morgan fingerprint density at radius 3 is 1.81 bits per heavy atom. The molecule has 2 aromatic rings. The lowest BCUT2D eigenvalue weighted by Crippen LogP contribution is -2.22. The molecule has 1 atom stereocenters. The van der Waals surface area contributed by atoms with Gasteiger partial charge in [0.05, 0.1) is 9.85 Å². The average molecular weight is 390 g/mol. The molecule has 0 saturated carbocycles. The van der Waals surface area contributed by atoms with Crippen molar-refractivity contribution in [2.45, 2.75) is 19.0 Å². The first kappa shape index (κ1) is 19.9. The maximum absolute atomic E-state index is 13.7. The molecule has 1 unspecified atom stereocenters. The highest BCUT2D eigenvalue weighted by Crippen LogP contribution is 2.45. The van der Waals surface area contributed by atoms with Crippen molar-refractivity contribution in [1.82, 2.24) is 0 Å². The summed E-state index contributed by atoms with van der Waals surface area (Å²) in [5, 5.41) is 40.8. The number of phenolic OH excluding ortho intramolecular Hbond substituents is 2. The summed E-state index contributed by atoms with van der Waals surface area (Å²) in [5.74, 6) is -6.60. The fourth-order valence-corrected chi connectivity index (χ4v) is 2.58. The van der Waals surface area contributed by atoms with Crippen LogP contribution in [0.3, 0.4) is 0 Å². The van der Waals surface area contributed by atoms with Crippen molar-refractivity contribution in [2.75, 3.05) is 0 Å². The number of alkyl halides is 3. The molecule has 0 saturated heterocycles. The van der Waals surface area contributed by atoms with Crippen LogP contribution in [0.25, 0.3) is 0 Å². The summed E-state index contributed by atoms with van der Waals surface area (Å²) in [6, 6.07) is 1.85. The fourth-order valence-electron chi connectivity index (χ4n) is 2.58. The van der Waals surface area contributed by atoms with Crippen LogP contribution in [0, 0.1) is 33.0 Å². The van der Waals surface area contributed by atoms with Gasteiger partial charge < -0.3 is 10.2 Å². The highest BCUT2D eigenvalue weighted by atomic mass is 19.4. The van der Waals surface area contributed by atoms with E-state index in [1.54, 1.807) is 0 Å². The van der Waals surface area contributed by atoms with Crippen LogP contribution < -0.4 is 0 Å². The van der Waals surface area contributed by atoms with E-state index >= 15 is 0 Å². The van der Waals surface area contributed by atoms with Gasteiger partial charge in [-0.25, -0.2) is 4.39 Å². The van der Waals surface area contributed by atoms with E-state index in [-0.39, 0.29) is 11.6 Å². The minimum atomic E-state index is -5.12. The largest absolute Gasteiger partial charge is 0.502 e. The zero-order valence-corrected chi connectivity index (χ0v) is 13.3. The lowest BCUT2D eigenvalue weighted by atomic mass is 9.88. The molecule has 0 fully saturated rings. The molecule has 144 valence electrons. The van der Waals surface area contributed by atoms with Gasteiger partial charge in [-0.3, -0.25) is 20.2 Å². The molecule has 0 heterocycles. The number of hydrogen-bond donors (Lipinski definition) is 2. The third-order valence-electron chi connectivity index (χ3n) is 3.76. The van der Waals surface area contributed by atoms with Crippen molar-refractivity contribution < 1.29 is 37.6 Å². The maximum Gasteiger partial charge on any atom is 0.399 e. The van der Waals surface area contributed by atoms with E-state index in [0.717, 1.165) is 13.0 Å². The van der Waals surface area contributed by atoms with Crippen LogP contribution in [0.2, 0.25) is 0 Å². The third kappa shape index (κ3) is 3.73. The molecular weight excluding hydrogens is 380 g/mol. The van der Waals surface area contributed by atoms with Crippen molar-refractivity contribution in [3.05, 3.63) is 67.0 Å². The Morgan fingerprint density at radius 1 is 0.926 bits per heavy atom. The first-order valence-electron chi connectivity index (χ1n) is 7.06.